The number of amides is 1. The van der Waals surface area contributed by atoms with E-state index in [0.717, 1.165) is 33.3 Å². The Morgan fingerprint density at radius 3 is 2.84 bits per heavy atom. The lowest BCUT2D eigenvalue weighted by atomic mass is 10.1. The molecule has 1 aliphatic heterocycles. The molecule has 1 aliphatic rings. The van der Waals surface area contributed by atoms with Crippen LogP contribution < -0.4 is 9.64 Å². The van der Waals surface area contributed by atoms with Crippen molar-refractivity contribution in [3.63, 3.8) is 0 Å². The second-order valence-electron chi connectivity index (χ2n) is 5.84. The van der Waals surface area contributed by atoms with Crippen LogP contribution in [0.25, 0.3) is 11.3 Å². The Hall–Kier alpha value is -2.37. The van der Waals surface area contributed by atoms with Gasteiger partial charge in [0.25, 0.3) is 0 Å². The first kappa shape index (κ1) is 16.1. The summed E-state index contributed by atoms with van der Waals surface area (Å²) in [4.78, 5) is 18.2. The third-order valence-electron chi connectivity index (χ3n) is 4.18. The zero-order valence-corrected chi connectivity index (χ0v) is 15.1. The van der Waals surface area contributed by atoms with E-state index in [2.05, 4.69) is 11.1 Å². The summed E-state index contributed by atoms with van der Waals surface area (Å²) in [6, 6.07) is 13.3. The van der Waals surface area contributed by atoms with Crippen molar-refractivity contribution in [2.45, 2.75) is 13.0 Å². The molecule has 25 heavy (non-hydrogen) atoms. The molecule has 4 nitrogen and oxygen atoms in total. The average Bonchev–Trinajstić information content (AvgIpc) is 3.19. The van der Waals surface area contributed by atoms with Crippen LogP contribution in [0.3, 0.4) is 0 Å². The molecule has 0 N–H and O–H groups in total. The Balaban J connectivity index is 1.49. The quantitative estimate of drug-likeness (QED) is 0.676. The first-order chi connectivity index (χ1) is 12.1. The third-order valence-corrected chi connectivity index (χ3v) is 5.25. The number of nitrogens with zero attached hydrogens (tertiary/aromatic N) is 2. The molecular weight excluding hydrogens is 356 g/mol. The number of hydrogen-bond donors (Lipinski definition) is 0. The molecule has 0 bridgehead atoms. The maximum absolute atomic E-state index is 11.8. The number of carbonyl (C=O) groups is 1. The molecule has 0 fully saturated rings. The number of aromatic nitrogens is 1. The van der Waals surface area contributed by atoms with Crippen molar-refractivity contribution in [1.82, 2.24) is 4.98 Å². The molecule has 6 heteroatoms. The van der Waals surface area contributed by atoms with E-state index < -0.39 is 0 Å². The van der Waals surface area contributed by atoms with Gasteiger partial charge in [0, 0.05) is 28.7 Å². The molecule has 0 aliphatic carbocycles. The largest absolute Gasteiger partial charge is 0.486 e. The Morgan fingerprint density at radius 1 is 1.24 bits per heavy atom. The van der Waals surface area contributed by atoms with Gasteiger partial charge in [0.15, 0.2) is 0 Å². The maximum atomic E-state index is 11.8. The number of likely N-dealkylation sites (N-methyl/N-ethyl adjacent to an activating group) is 1. The number of rotatable bonds is 4. The minimum Gasteiger partial charge on any atom is -0.486 e. The maximum Gasteiger partial charge on any atom is 0.231 e. The predicted octanol–water partition coefficient (Wildman–Crippen LogP) is 4.56. The third kappa shape index (κ3) is 3.25. The molecule has 3 aromatic rings. The lowest BCUT2D eigenvalue weighted by molar-refractivity contribution is -0.117. The Morgan fingerprint density at radius 2 is 2.04 bits per heavy atom. The minimum absolute atomic E-state index is 0.127. The first-order valence-corrected chi connectivity index (χ1v) is 9.08. The molecule has 1 aromatic heterocycles. The smallest absolute Gasteiger partial charge is 0.231 e. The van der Waals surface area contributed by atoms with Crippen LogP contribution in [0.15, 0.2) is 47.8 Å². The Kier molecular flexibility index (Phi) is 4.19. The molecule has 0 unspecified atom stereocenters. The van der Waals surface area contributed by atoms with Gasteiger partial charge in [-0.2, -0.15) is 0 Å². The molecule has 0 saturated carbocycles. The van der Waals surface area contributed by atoms with Gasteiger partial charge in [-0.3, -0.25) is 4.79 Å². The van der Waals surface area contributed by atoms with E-state index in [1.807, 2.05) is 36.7 Å². The molecule has 126 valence electrons. The fourth-order valence-corrected chi connectivity index (χ4v) is 3.66. The SMILES string of the molecule is CN1C(=O)Cc2cc(-c3csc(COc4ccc(Cl)cc4)n3)ccc21. The monoisotopic (exact) mass is 370 g/mol. The van der Waals surface area contributed by atoms with Gasteiger partial charge in [-0.25, -0.2) is 4.98 Å². The fraction of sp³-hybridized carbons (Fsp3) is 0.158. The molecule has 2 aromatic carbocycles. The number of halogens is 1. The number of ether oxygens (including phenoxy) is 1. The number of thiazole rings is 1. The summed E-state index contributed by atoms with van der Waals surface area (Å²) in [6.07, 6.45) is 0.455. The fourth-order valence-electron chi connectivity index (χ4n) is 2.82. The van der Waals surface area contributed by atoms with Gasteiger partial charge in [-0.15, -0.1) is 11.3 Å². The number of hydrogen-bond acceptors (Lipinski definition) is 4. The van der Waals surface area contributed by atoms with Gasteiger partial charge in [-0.1, -0.05) is 17.7 Å². The topological polar surface area (TPSA) is 42.4 Å². The normalized spacial score (nSPS) is 13.2. The van der Waals surface area contributed by atoms with Crippen LogP contribution in [0.1, 0.15) is 10.6 Å². The molecule has 4 rings (SSSR count). The number of fused-ring (bicyclic) bond motifs is 1. The van der Waals surface area contributed by atoms with Crippen molar-refractivity contribution in [1.29, 1.82) is 0 Å². The highest BCUT2D eigenvalue weighted by Gasteiger charge is 2.24. The number of carbonyl (C=O) groups excluding carboxylic acids is 1. The molecule has 0 atom stereocenters. The van der Waals surface area contributed by atoms with Gasteiger partial charge >= 0.3 is 0 Å². The number of benzene rings is 2. The van der Waals surface area contributed by atoms with Gasteiger partial charge in [0.2, 0.25) is 5.91 Å². The van der Waals surface area contributed by atoms with Gasteiger partial charge < -0.3 is 9.64 Å². The standard InChI is InChI=1S/C19H15ClN2O2S/c1-22-17-7-2-12(8-13(17)9-19(22)23)16-11-25-18(21-16)10-24-15-5-3-14(20)4-6-15/h2-8,11H,9-10H2,1H3. The first-order valence-electron chi connectivity index (χ1n) is 7.83. The van der Waals surface area contributed by atoms with Crippen molar-refractivity contribution < 1.29 is 9.53 Å². The zero-order valence-electron chi connectivity index (χ0n) is 13.5. The van der Waals surface area contributed by atoms with Gasteiger partial charge in [-0.05, 0) is 42.0 Å². The molecular formula is C19H15ClN2O2S. The molecule has 0 saturated heterocycles. The van der Waals surface area contributed by atoms with E-state index in [1.165, 1.54) is 0 Å². The van der Waals surface area contributed by atoms with Crippen LogP contribution in [-0.2, 0) is 17.8 Å². The van der Waals surface area contributed by atoms with Crippen LogP contribution in [-0.4, -0.2) is 17.9 Å². The average molecular weight is 371 g/mol. The van der Waals surface area contributed by atoms with Crippen molar-refractivity contribution >= 4 is 34.5 Å². The van der Waals surface area contributed by atoms with Crippen molar-refractivity contribution in [2.75, 3.05) is 11.9 Å². The van der Waals surface area contributed by atoms with E-state index in [1.54, 1.807) is 28.4 Å². The van der Waals surface area contributed by atoms with Crippen LogP contribution in [0.4, 0.5) is 5.69 Å². The summed E-state index contributed by atoms with van der Waals surface area (Å²) in [5.74, 6) is 0.891. The van der Waals surface area contributed by atoms with Gasteiger partial charge in [0.1, 0.15) is 17.4 Å². The minimum atomic E-state index is 0.127. The highest BCUT2D eigenvalue weighted by Crippen LogP contribution is 2.32. The van der Waals surface area contributed by atoms with E-state index in [-0.39, 0.29) is 5.91 Å². The highest BCUT2D eigenvalue weighted by molar-refractivity contribution is 7.09. The lowest BCUT2D eigenvalue weighted by Crippen LogP contribution is -2.20. The molecule has 1 amide bonds. The van der Waals surface area contributed by atoms with Gasteiger partial charge in [0.05, 0.1) is 12.1 Å². The van der Waals surface area contributed by atoms with Crippen molar-refractivity contribution in [2.24, 2.45) is 0 Å². The Labute approximate surface area is 154 Å². The van der Waals surface area contributed by atoms with E-state index in [9.17, 15) is 4.79 Å². The lowest BCUT2D eigenvalue weighted by Gasteiger charge is -2.09. The van der Waals surface area contributed by atoms with E-state index >= 15 is 0 Å². The second kappa shape index (κ2) is 6.50. The molecule has 0 radical (unpaired) electrons. The van der Waals surface area contributed by atoms with Crippen LogP contribution >= 0.6 is 22.9 Å². The summed E-state index contributed by atoms with van der Waals surface area (Å²) < 4.78 is 5.74. The van der Waals surface area contributed by atoms with Crippen LogP contribution in [0.5, 0.6) is 5.75 Å². The van der Waals surface area contributed by atoms with Crippen molar-refractivity contribution in [3.8, 4) is 17.0 Å². The Bertz CT molecular complexity index is 937. The second-order valence-corrected chi connectivity index (χ2v) is 7.22. The van der Waals surface area contributed by atoms with Crippen LogP contribution in [0, 0.1) is 0 Å². The summed E-state index contributed by atoms with van der Waals surface area (Å²) in [5.41, 5.74) is 3.97. The molecule has 0 spiro atoms. The summed E-state index contributed by atoms with van der Waals surface area (Å²) in [5, 5.41) is 3.60. The molecule has 2 heterocycles. The summed E-state index contributed by atoms with van der Waals surface area (Å²) in [6.45, 7) is 0.415. The number of anilines is 1. The highest BCUT2D eigenvalue weighted by atomic mass is 35.5. The van der Waals surface area contributed by atoms with E-state index in [4.69, 9.17) is 16.3 Å². The predicted molar refractivity (Wildman–Crippen MR) is 100 cm³/mol. The summed E-state index contributed by atoms with van der Waals surface area (Å²) in [7, 11) is 1.81. The van der Waals surface area contributed by atoms with E-state index in [0.29, 0.717) is 18.1 Å². The van der Waals surface area contributed by atoms with Crippen molar-refractivity contribution in [3.05, 3.63) is 63.4 Å². The van der Waals surface area contributed by atoms with Crippen LogP contribution in [0.2, 0.25) is 5.02 Å². The zero-order chi connectivity index (χ0) is 17.4. The summed E-state index contributed by atoms with van der Waals surface area (Å²) >= 11 is 7.43.